The summed E-state index contributed by atoms with van der Waals surface area (Å²) in [6.07, 6.45) is 0.0640. The number of carboxylic acid groups (broad SMARTS) is 1. The van der Waals surface area contributed by atoms with Crippen LogP contribution in [0.3, 0.4) is 0 Å². The van der Waals surface area contributed by atoms with Gasteiger partial charge in [-0.05, 0) is 25.8 Å². The molecular weight excluding hydrogens is 224 g/mol. The zero-order valence-corrected chi connectivity index (χ0v) is 8.98. The Bertz CT molecular complexity index is 303. The minimum absolute atomic E-state index is 0.0104. The average Bonchev–Trinajstić information content (AvgIpc) is 2.09. The summed E-state index contributed by atoms with van der Waals surface area (Å²) in [5.41, 5.74) is 10.4. The van der Waals surface area contributed by atoms with Crippen molar-refractivity contribution in [1.82, 2.24) is 0 Å². The standard InChI is InChI=1S/C7H16N2O5S/c8-4-3-5(15(12,13)14)1-2-6(9)7(10)11/h5-6H,1-4,8-9H2,(H,10,11)(H,12,13,14). The maximum absolute atomic E-state index is 10.8. The van der Waals surface area contributed by atoms with Crippen LogP contribution in [-0.4, -0.2) is 41.9 Å². The molecular formula is C7H16N2O5S. The molecule has 8 heteroatoms. The van der Waals surface area contributed by atoms with Gasteiger partial charge in [0.05, 0.1) is 5.25 Å². The molecule has 0 aliphatic rings. The molecule has 0 amide bonds. The molecule has 0 aromatic heterocycles. The van der Waals surface area contributed by atoms with Crippen LogP contribution >= 0.6 is 0 Å². The van der Waals surface area contributed by atoms with Gasteiger partial charge < -0.3 is 16.6 Å². The first-order valence-corrected chi connectivity index (χ1v) is 5.94. The van der Waals surface area contributed by atoms with Crippen molar-refractivity contribution in [2.75, 3.05) is 6.54 Å². The lowest BCUT2D eigenvalue weighted by Crippen LogP contribution is -2.33. The van der Waals surface area contributed by atoms with Crippen LogP contribution < -0.4 is 11.5 Å². The molecule has 0 aliphatic carbocycles. The minimum Gasteiger partial charge on any atom is -0.480 e. The molecule has 90 valence electrons. The maximum atomic E-state index is 10.8. The summed E-state index contributed by atoms with van der Waals surface area (Å²) < 4.78 is 30.4. The van der Waals surface area contributed by atoms with Gasteiger partial charge in [0, 0.05) is 0 Å². The predicted molar refractivity (Wildman–Crippen MR) is 53.9 cm³/mol. The van der Waals surface area contributed by atoms with Gasteiger partial charge in [0.25, 0.3) is 10.1 Å². The number of hydrogen-bond donors (Lipinski definition) is 4. The second-order valence-electron chi connectivity index (χ2n) is 3.24. The van der Waals surface area contributed by atoms with Crippen LogP contribution in [0.15, 0.2) is 0 Å². The van der Waals surface area contributed by atoms with E-state index in [1.165, 1.54) is 0 Å². The summed E-state index contributed by atoms with van der Waals surface area (Å²) in [6, 6.07) is -1.12. The van der Waals surface area contributed by atoms with Crippen molar-refractivity contribution in [3.63, 3.8) is 0 Å². The average molecular weight is 240 g/mol. The van der Waals surface area contributed by atoms with Gasteiger partial charge in [-0.1, -0.05) is 0 Å². The molecule has 0 heterocycles. The van der Waals surface area contributed by atoms with Crippen LogP contribution in [-0.2, 0) is 14.9 Å². The Morgan fingerprint density at radius 2 is 1.80 bits per heavy atom. The first-order valence-electron chi connectivity index (χ1n) is 4.43. The Kier molecular flexibility index (Phi) is 5.73. The second-order valence-corrected chi connectivity index (χ2v) is 4.93. The van der Waals surface area contributed by atoms with Crippen LogP contribution in [0.5, 0.6) is 0 Å². The molecule has 0 saturated carbocycles. The highest BCUT2D eigenvalue weighted by Gasteiger charge is 2.24. The van der Waals surface area contributed by atoms with Crippen molar-refractivity contribution in [3.8, 4) is 0 Å². The molecule has 7 nitrogen and oxygen atoms in total. The number of hydrogen-bond acceptors (Lipinski definition) is 5. The molecule has 0 aromatic rings. The molecule has 0 bridgehead atoms. The van der Waals surface area contributed by atoms with Gasteiger partial charge in [-0.2, -0.15) is 8.42 Å². The fourth-order valence-electron chi connectivity index (χ4n) is 1.12. The molecule has 2 atom stereocenters. The fourth-order valence-corrected chi connectivity index (χ4v) is 1.98. The van der Waals surface area contributed by atoms with E-state index in [2.05, 4.69) is 0 Å². The van der Waals surface area contributed by atoms with E-state index in [0.29, 0.717) is 0 Å². The molecule has 0 rings (SSSR count). The molecule has 6 N–H and O–H groups in total. The third-order valence-electron chi connectivity index (χ3n) is 2.03. The second kappa shape index (κ2) is 6.01. The van der Waals surface area contributed by atoms with Crippen LogP contribution in [0.25, 0.3) is 0 Å². The van der Waals surface area contributed by atoms with E-state index in [-0.39, 0.29) is 25.8 Å². The van der Waals surface area contributed by atoms with Crippen molar-refractivity contribution < 1.29 is 22.9 Å². The summed E-state index contributed by atoms with van der Waals surface area (Å²) >= 11 is 0. The number of nitrogens with two attached hydrogens (primary N) is 2. The smallest absolute Gasteiger partial charge is 0.320 e. The van der Waals surface area contributed by atoms with E-state index in [0.717, 1.165) is 0 Å². The Hall–Kier alpha value is -0.700. The molecule has 0 radical (unpaired) electrons. The summed E-state index contributed by atoms with van der Waals surface area (Å²) in [5.74, 6) is -1.20. The van der Waals surface area contributed by atoms with Crippen molar-refractivity contribution in [2.45, 2.75) is 30.6 Å². The predicted octanol–water partition coefficient (Wildman–Crippen LogP) is -1.22. The zero-order chi connectivity index (χ0) is 12.1. The van der Waals surface area contributed by atoms with Gasteiger partial charge in [-0.15, -0.1) is 0 Å². The summed E-state index contributed by atoms with van der Waals surface area (Å²) in [5, 5.41) is 7.43. The molecule has 0 aromatic carbocycles. The number of carbonyl (C=O) groups is 1. The SMILES string of the molecule is NCCC(CCC(N)C(=O)O)S(=O)(=O)O. The number of rotatable bonds is 7. The van der Waals surface area contributed by atoms with Crippen molar-refractivity contribution in [1.29, 1.82) is 0 Å². The molecule has 0 aliphatic heterocycles. The van der Waals surface area contributed by atoms with E-state index in [9.17, 15) is 13.2 Å². The third-order valence-corrected chi connectivity index (χ3v) is 3.34. The van der Waals surface area contributed by atoms with Crippen LogP contribution in [0.2, 0.25) is 0 Å². The zero-order valence-electron chi connectivity index (χ0n) is 8.17. The van der Waals surface area contributed by atoms with E-state index >= 15 is 0 Å². The quantitative estimate of drug-likeness (QED) is 0.408. The Labute approximate surface area is 88.2 Å². The summed E-state index contributed by atoms with van der Waals surface area (Å²) in [4.78, 5) is 10.4. The summed E-state index contributed by atoms with van der Waals surface area (Å²) in [7, 11) is -4.18. The molecule has 0 fully saturated rings. The maximum Gasteiger partial charge on any atom is 0.320 e. The molecule has 0 saturated heterocycles. The van der Waals surface area contributed by atoms with Crippen molar-refractivity contribution >= 4 is 16.1 Å². The number of carboxylic acids is 1. The lowest BCUT2D eigenvalue weighted by atomic mass is 10.1. The molecule has 15 heavy (non-hydrogen) atoms. The Balaban J connectivity index is 4.26. The topological polar surface area (TPSA) is 144 Å². The first-order chi connectivity index (χ1) is 6.79. The lowest BCUT2D eigenvalue weighted by Gasteiger charge is -2.13. The first kappa shape index (κ1) is 14.3. The van der Waals surface area contributed by atoms with E-state index in [1.54, 1.807) is 0 Å². The fraction of sp³-hybridized carbons (Fsp3) is 0.857. The third kappa shape index (κ3) is 5.67. The van der Waals surface area contributed by atoms with Crippen LogP contribution in [0.1, 0.15) is 19.3 Å². The van der Waals surface area contributed by atoms with Gasteiger partial charge in [0.1, 0.15) is 6.04 Å². The Morgan fingerprint density at radius 1 is 1.27 bits per heavy atom. The molecule has 0 spiro atoms. The van der Waals surface area contributed by atoms with E-state index in [4.69, 9.17) is 21.1 Å². The van der Waals surface area contributed by atoms with Crippen molar-refractivity contribution in [2.24, 2.45) is 11.5 Å². The minimum atomic E-state index is -4.18. The van der Waals surface area contributed by atoms with Gasteiger partial charge in [0.2, 0.25) is 0 Å². The van der Waals surface area contributed by atoms with Gasteiger partial charge in [-0.3, -0.25) is 9.35 Å². The van der Waals surface area contributed by atoms with E-state index < -0.39 is 27.4 Å². The highest BCUT2D eigenvalue weighted by molar-refractivity contribution is 7.86. The van der Waals surface area contributed by atoms with E-state index in [1.807, 2.05) is 0 Å². The van der Waals surface area contributed by atoms with Crippen LogP contribution in [0.4, 0.5) is 0 Å². The lowest BCUT2D eigenvalue weighted by molar-refractivity contribution is -0.138. The Morgan fingerprint density at radius 3 is 2.13 bits per heavy atom. The number of aliphatic carboxylic acids is 1. The van der Waals surface area contributed by atoms with Crippen LogP contribution in [0, 0.1) is 0 Å². The normalized spacial score (nSPS) is 15.9. The van der Waals surface area contributed by atoms with Gasteiger partial charge in [-0.25, -0.2) is 0 Å². The summed E-state index contributed by atoms with van der Waals surface area (Å²) in [6.45, 7) is 0.104. The van der Waals surface area contributed by atoms with Gasteiger partial charge in [0.15, 0.2) is 0 Å². The highest BCUT2D eigenvalue weighted by atomic mass is 32.2. The molecule has 2 unspecified atom stereocenters. The largest absolute Gasteiger partial charge is 0.480 e. The van der Waals surface area contributed by atoms with Gasteiger partial charge >= 0.3 is 5.97 Å². The van der Waals surface area contributed by atoms with Crippen molar-refractivity contribution in [3.05, 3.63) is 0 Å². The highest BCUT2D eigenvalue weighted by Crippen LogP contribution is 2.12. The monoisotopic (exact) mass is 240 g/mol.